The Morgan fingerprint density at radius 3 is 2.68 bits per heavy atom. The third-order valence-corrected chi connectivity index (χ3v) is 5.40. The maximum atomic E-state index is 6.22. The van der Waals surface area contributed by atoms with E-state index in [1.54, 1.807) is 6.33 Å². The highest BCUT2D eigenvalue weighted by molar-refractivity contribution is 6.31. The third-order valence-electron chi connectivity index (χ3n) is 5.16. The van der Waals surface area contributed by atoms with Crippen LogP contribution in [0, 0.1) is 6.92 Å². The van der Waals surface area contributed by atoms with Crippen LogP contribution < -0.4 is 4.90 Å². The van der Waals surface area contributed by atoms with Crippen LogP contribution in [0.5, 0.6) is 0 Å². The van der Waals surface area contributed by atoms with Crippen molar-refractivity contribution >= 4 is 28.3 Å². The van der Waals surface area contributed by atoms with E-state index in [4.69, 9.17) is 16.6 Å². The first-order chi connectivity index (χ1) is 13.7. The van der Waals surface area contributed by atoms with E-state index in [1.807, 2.05) is 43.6 Å². The van der Waals surface area contributed by atoms with Crippen molar-refractivity contribution in [1.29, 1.82) is 0 Å². The van der Waals surface area contributed by atoms with Gasteiger partial charge in [0.05, 0.1) is 5.52 Å². The minimum Gasteiger partial charge on any atom is -0.351 e. The van der Waals surface area contributed by atoms with E-state index in [-0.39, 0.29) is 0 Å². The van der Waals surface area contributed by atoms with Gasteiger partial charge in [0.1, 0.15) is 12.1 Å². The molecule has 1 aliphatic rings. The second-order valence-electron chi connectivity index (χ2n) is 7.05. The molecule has 138 valence electrons. The van der Waals surface area contributed by atoms with Crippen LogP contribution in [0.25, 0.3) is 22.0 Å². The number of hydrogen-bond donors (Lipinski definition) is 0. The maximum Gasteiger partial charge on any atom is 0.140 e. The number of aryl methyl sites for hydroxylation is 1. The predicted octanol–water partition coefficient (Wildman–Crippen LogP) is 4.61. The Morgan fingerprint density at radius 2 is 1.82 bits per heavy atom. The topological polar surface area (TPSA) is 54.8 Å². The van der Waals surface area contributed by atoms with Crippen LogP contribution in [-0.4, -0.2) is 26.5 Å². The molecule has 0 N–H and O–H groups in total. The molecule has 0 saturated heterocycles. The summed E-state index contributed by atoms with van der Waals surface area (Å²) in [5.41, 5.74) is 6.45. The summed E-state index contributed by atoms with van der Waals surface area (Å²) in [6.07, 6.45) is 6.35. The number of pyridine rings is 2. The molecule has 0 spiro atoms. The van der Waals surface area contributed by atoms with E-state index < -0.39 is 0 Å². The average molecular weight is 388 g/mol. The van der Waals surface area contributed by atoms with Crippen LogP contribution in [0.15, 0.2) is 55.1 Å². The quantitative estimate of drug-likeness (QED) is 0.502. The van der Waals surface area contributed by atoms with Crippen LogP contribution in [0.1, 0.15) is 17.0 Å². The zero-order valence-corrected chi connectivity index (χ0v) is 16.2. The number of benzene rings is 1. The molecule has 6 heteroatoms. The zero-order valence-electron chi connectivity index (χ0n) is 15.4. The van der Waals surface area contributed by atoms with Crippen molar-refractivity contribution < 1.29 is 0 Å². The average Bonchev–Trinajstić information content (AvgIpc) is 2.73. The molecule has 28 heavy (non-hydrogen) atoms. The van der Waals surface area contributed by atoms with Gasteiger partial charge in [-0.2, -0.15) is 0 Å². The summed E-state index contributed by atoms with van der Waals surface area (Å²) in [4.78, 5) is 20.3. The molecule has 0 radical (unpaired) electrons. The number of nitrogens with zero attached hydrogens (tertiary/aromatic N) is 5. The molecular formula is C22H18ClN5. The van der Waals surface area contributed by atoms with E-state index in [0.717, 1.165) is 58.7 Å². The zero-order chi connectivity index (χ0) is 19.1. The van der Waals surface area contributed by atoms with E-state index in [9.17, 15) is 0 Å². The van der Waals surface area contributed by atoms with Crippen LogP contribution in [0.3, 0.4) is 0 Å². The second kappa shape index (κ2) is 6.84. The van der Waals surface area contributed by atoms with Gasteiger partial charge in [-0.3, -0.25) is 9.97 Å². The summed E-state index contributed by atoms with van der Waals surface area (Å²) >= 11 is 6.22. The lowest BCUT2D eigenvalue weighted by Crippen LogP contribution is -2.31. The Morgan fingerprint density at radius 1 is 0.929 bits per heavy atom. The first-order valence-corrected chi connectivity index (χ1v) is 9.61. The predicted molar refractivity (Wildman–Crippen MR) is 112 cm³/mol. The minimum atomic E-state index is 0.691. The Labute approximate surface area is 168 Å². The van der Waals surface area contributed by atoms with Crippen molar-refractivity contribution in [2.75, 3.05) is 11.4 Å². The van der Waals surface area contributed by atoms with Gasteiger partial charge in [-0.1, -0.05) is 17.7 Å². The van der Waals surface area contributed by atoms with Crippen molar-refractivity contribution in [1.82, 2.24) is 19.9 Å². The molecule has 0 fully saturated rings. The Hall–Kier alpha value is -3.05. The van der Waals surface area contributed by atoms with Crippen molar-refractivity contribution in [3.63, 3.8) is 0 Å². The lowest BCUT2D eigenvalue weighted by Gasteiger charge is -2.30. The van der Waals surface area contributed by atoms with Gasteiger partial charge >= 0.3 is 0 Å². The molecule has 0 aliphatic carbocycles. The fourth-order valence-corrected chi connectivity index (χ4v) is 3.84. The first-order valence-electron chi connectivity index (χ1n) is 9.23. The first kappa shape index (κ1) is 17.1. The number of halogens is 1. The molecule has 4 aromatic rings. The van der Waals surface area contributed by atoms with Crippen molar-refractivity contribution in [2.24, 2.45) is 0 Å². The minimum absolute atomic E-state index is 0.691. The molecule has 4 heterocycles. The van der Waals surface area contributed by atoms with Gasteiger partial charge in [0, 0.05) is 64.8 Å². The molecule has 1 aromatic carbocycles. The summed E-state index contributed by atoms with van der Waals surface area (Å²) in [5.74, 6) is 0.917. The third kappa shape index (κ3) is 3.08. The molecule has 5 rings (SSSR count). The largest absolute Gasteiger partial charge is 0.351 e. The van der Waals surface area contributed by atoms with Crippen molar-refractivity contribution in [3.05, 3.63) is 77.1 Å². The lowest BCUT2D eigenvalue weighted by atomic mass is 10.0. The van der Waals surface area contributed by atoms with Crippen LogP contribution in [-0.2, 0) is 13.0 Å². The Bertz CT molecular complexity index is 1170. The fraction of sp³-hybridized carbons (Fsp3) is 0.182. The second-order valence-corrected chi connectivity index (χ2v) is 7.48. The molecule has 0 saturated carbocycles. The fourth-order valence-electron chi connectivity index (χ4n) is 3.67. The Balaban J connectivity index is 1.52. The monoisotopic (exact) mass is 387 g/mol. The maximum absolute atomic E-state index is 6.22. The highest BCUT2D eigenvalue weighted by atomic mass is 35.5. The molecule has 0 amide bonds. The molecule has 3 aromatic heterocycles. The van der Waals surface area contributed by atoms with E-state index in [2.05, 4.69) is 32.0 Å². The number of anilines is 1. The summed E-state index contributed by atoms with van der Waals surface area (Å²) in [7, 11) is 0. The molecule has 0 unspecified atom stereocenters. The van der Waals surface area contributed by atoms with E-state index in [0.29, 0.717) is 5.02 Å². The SMILES string of the molecule is Cc1ccc(-c2cnc3c(c2)CN(c2ncnc4ccc(Cl)cc24)CC3)cn1. The molecule has 1 aliphatic heterocycles. The van der Waals surface area contributed by atoms with Gasteiger partial charge in [-0.05, 0) is 42.8 Å². The molecule has 0 atom stereocenters. The summed E-state index contributed by atoms with van der Waals surface area (Å²) in [5, 5.41) is 1.67. The van der Waals surface area contributed by atoms with Crippen LogP contribution in [0.4, 0.5) is 5.82 Å². The van der Waals surface area contributed by atoms with Crippen molar-refractivity contribution in [3.8, 4) is 11.1 Å². The Kier molecular flexibility index (Phi) is 4.17. The molecule has 5 nitrogen and oxygen atoms in total. The van der Waals surface area contributed by atoms with Gasteiger partial charge in [0.2, 0.25) is 0 Å². The summed E-state index contributed by atoms with van der Waals surface area (Å²) in [6, 6.07) is 12.1. The smallest absolute Gasteiger partial charge is 0.140 e. The van der Waals surface area contributed by atoms with Crippen molar-refractivity contribution in [2.45, 2.75) is 19.9 Å². The van der Waals surface area contributed by atoms with Gasteiger partial charge in [-0.15, -0.1) is 0 Å². The molecular weight excluding hydrogens is 370 g/mol. The standard InChI is InChI=1S/C22H18ClN5/c1-14-2-3-15(10-24-14)16-8-17-12-28(7-6-20(17)25-11-16)22-19-9-18(23)4-5-21(19)26-13-27-22/h2-5,8-11,13H,6-7,12H2,1H3. The number of fused-ring (bicyclic) bond motifs is 2. The van der Waals surface area contributed by atoms with Crippen LogP contribution >= 0.6 is 11.6 Å². The van der Waals surface area contributed by atoms with E-state index in [1.165, 1.54) is 5.56 Å². The number of rotatable bonds is 2. The number of aromatic nitrogens is 4. The number of hydrogen-bond acceptors (Lipinski definition) is 5. The normalized spacial score (nSPS) is 13.6. The van der Waals surface area contributed by atoms with Gasteiger partial charge < -0.3 is 4.90 Å². The lowest BCUT2D eigenvalue weighted by molar-refractivity contribution is 0.705. The highest BCUT2D eigenvalue weighted by Gasteiger charge is 2.21. The van der Waals surface area contributed by atoms with Gasteiger partial charge in [0.25, 0.3) is 0 Å². The van der Waals surface area contributed by atoms with Crippen LogP contribution in [0.2, 0.25) is 5.02 Å². The van der Waals surface area contributed by atoms with Gasteiger partial charge in [0.15, 0.2) is 0 Å². The molecule has 0 bridgehead atoms. The highest BCUT2D eigenvalue weighted by Crippen LogP contribution is 2.30. The summed E-state index contributed by atoms with van der Waals surface area (Å²) in [6.45, 7) is 3.61. The van der Waals surface area contributed by atoms with E-state index >= 15 is 0 Å². The summed E-state index contributed by atoms with van der Waals surface area (Å²) < 4.78 is 0. The van der Waals surface area contributed by atoms with Gasteiger partial charge in [-0.25, -0.2) is 9.97 Å².